The van der Waals surface area contributed by atoms with E-state index < -0.39 is 0 Å². The van der Waals surface area contributed by atoms with E-state index in [0.29, 0.717) is 11.7 Å². The molecule has 1 saturated heterocycles. The second-order valence-corrected chi connectivity index (χ2v) is 5.51. The minimum Gasteiger partial charge on any atom is -0.508 e. The summed E-state index contributed by atoms with van der Waals surface area (Å²) >= 11 is 0. The smallest absolute Gasteiger partial charge is 0.120 e. The van der Waals surface area contributed by atoms with Crippen molar-refractivity contribution in [3.8, 4) is 5.75 Å². The molecular weight excluding hydrogens is 238 g/mol. The Hall–Kier alpha value is -1.06. The number of phenolic OH excluding ortho intramolecular Hbond substituents is 1. The molecule has 0 saturated carbocycles. The lowest BCUT2D eigenvalue weighted by Crippen LogP contribution is -2.33. The number of hydrogen-bond acceptors (Lipinski definition) is 3. The maximum Gasteiger partial charge on any atom is 0.120 e. The maximum atomic E-state index is 10.0. The normalized spacial score (nSPS) is 21.5. The summed E-state index contributed by atoms with van der Waals surface area (Å²) in [6, 6.07) is 7.95. The Bertz CT molecular complexity index is 388. The molecule has 3 heteroatoms. The molecule has 1 aromatic carbocycles. The first-order valence-corrected chi connectivity index (χ1v) is 7.28. The van der Waals surface area contributed by atoms with Gasteiger partial charge < -0.3 is 9.84 Å². The van der Waals surface area contributed by atoms with Gasteiger partial charge in [-0.3, -0.25) is 4.90 Å². The number of aromatic hydroxyl groups is 1. The second-order valence-electron chi connectivity index (χ2n) is 5.51. The van der Waals surface area contributed by atoms with Gasteiger partial charge in [0.05, 0.1) is 6.61 Å². The zero-order chi connectivity index (χ0) is 13.7. The summed E-state index contributed by atoms with van der Waals surface area (Å²) in [6.45, 7) is 5.00. The average Bonchev–Trinajstić information content (AvgIpc) is 2.43. The monoisotopic (exact) mass is 263 g/mol. The third kappa shape index (κ3) is 3.71. The Morgan fingerprint density at radius 1 is 1.42 bits per heavy atom. The molecule has 2 unspecified atom stereocenters. The number of ether oxygens (including phenoxy) is 1. The molecule has 19 heavy (non-hydrogen) atoms. The van der Waals surface area contributed by atoms with Crippen molar-refractivity contribution in [3.63, 3.8) is 0 Å². The molecule has 3 nitrogen and oxygen atoms in total. The summed E-state index contributed by atoms with van der Waals surface area (Å²) in [5, 5.41) is 10.0. The fraction of sp³-hybridized carbons (Fsp3) is 0.625. The van der Waals surface area contributed by atoms with Crippen molar-refractivity contribution in [2.75, 3.05) is 26.8 Å². The molecule has 1 heterocycles. The summed E-state index contributed by atoms with van der Waals surface area (Å²) in [4.78, 5) is 2.36. The van der Waals surface area contributed by atoms with Gasteiger partial charge >= 0.3 is 0 Å². The molecule has 1 aliphatic heterocycles. The van der Waals surface area contributed by atoms with Gasteiger partial charge in [-0.2, -0.15) is 0 Å². The van der Waals surface area contributed by atoms with Crippen LogP contribution in [0.5, 0.6) is 5.75 Å². The van der Waals surface area contributed by atoms with Crippen LogP contribution in [0.1, 0.15) is 37.8 Å². The Kier molecular flexibility index (Phi) is 5.23. The van der Waals surface area contributed by atoms with Gasteiger partial charge in [-0.15, -0.1) is 0 Å². The van der Waals surface area contributed by atoms with Crippen molar-refractivity contribution in [3.05, 3.63) is 29.8 Å². The predicted octanol–water partition coefficient (Wildman–Crippen LogP) is 3.20. The summed E-state index contributed by atoms with van der Waals surface area (Å²) in [5.74, 6) is 1.03. The van der Waals surface area contributed by atoms with Crippen LogP contribution in [0.15, 0.2) is 24.3 Å². The number of nitrogens with zero attached hydrogens (tertiary/aromatic N) is 1. The number of benzene rings is 1. The van der Waals surface area contributed by atoms with Crippen molar-refractivity contribution < 1.29 is 9.84 Å². The molecule has 0 aromatic heterocycles. The van der Waals surface area contributed by atoms with Gasteiger partial charge in [0.1, 0.15) is 5.75 Å². The molecule has 0 bridgehead atoms. The van der Waals surface area contributed by atoms with Gasteiger partial charge in [-0.1, -0.05) is 25.1 Å². The largest absolute Gasteiger partial charge is 0.508 e. The fourth-order valence-electron chi connectivity index (χ4n) is 3.02. The van der Waals surface area contributed by atoms with Crippen molar-refractivity contribution >= 4 is 0 Å². The Morgan fingerprint density at radius 3 is 2.84 bits per heavy atom. The topological polar surface area (TPSA) is 32.7 Å². The quantitative estimate of drug-likeness (QED) is 0.885. The zero-order valence-electron chi connectivity index (χ0n) is 12.0. The molecule has 1 aliphatic rings. The van der Waals surface area contributed by atoms with E-state index in [1.165, 1.54) is 12.8 Å². The number of rotatable bonds is 5. The molecule has 2 rings (SSSR count). The maximum absolute atomic E-state index is 10.0. The lowest BCUT2D eigenvalue weighted by molar-refractivity contribution is 0.0355. The van der Waals surface area contributed by atoms with E-state index in [9.17, 15) is 5.11 Å². The van der Waals surface area contributed by atoms with Gasteiger partial charge in [-0.05, 0) is 38.3 Å². The summed E-state index contributed by atoms with van der Waals surface area (Å²) < 4.78 is 5.55. The van der Waals surface area contributed by atoms with Crippen LogP contribution in [-0.2, 0) is 4.74 Å². The van der Waals surface area contributed by atoms with E-state index in [4.69, 9.17) is 4.74 Å². The first-order valence-electron chi connectivity index (χ1n) is 7.28. The van der Waals surface area contributed by atoms with Crippen LogP contribution in [0, 0.1) is 5.92 Å². The van der Waals surface area contributed by atoms with Crippen molar-refractivity contribution in [2.24, 2.45) is 5.92 Å². The summed E-state index contributed by atoms with van der Waals surface area (Å²) in [5.41, 5.74) is 1.03. The number of hydrogen-bond donors (Lipinski definition) is 1. The van der Waals surface area contributed by atoms with E-state index in [0.717, 1.165) is 31.7 Å². The van der Waals surface area contributed by atoms with Crippen LogP contribution in [0.3, 0.4) is 0 Å². The molecule has 106 valence electrons. The van der Waals surface area contributed by atoms with Gasteiger partial charge in [0.2, 0.25) is 0 Å². The lowest BCUT2D eigenvalue weighted by atomic mass is 9.98. The SMILES string of the molecule is CCC(c1ccccc1O)N(C)CC1CCCOC1. The highest BCUT2D eigenvalue weighted by Gasteiger charge is 2.22. The number of para-hydroxylation sites is 1. The van der Waals surface area contributed by atoms with Crippen LogP contribution < -0.4 is 0 Å². The molecule has 1 fully saturated rings. The van der Waals surface area contributed by atoms with Crippen molar-refractivity contribution in [2.45, 2.75) is 32.2 Å². The highest BCUT2D eigenvalue weighted by molar-refractivity contribution is 5.34. The molecular formula is C16H25NO2. The summed E-state index contributed by atoms with van der Waals surface area (Å²) in [7, 11) is 2.15. The Labute approximate surface area is 116 Å². The molecule has 1 N–H and O–H groups in total. The van der Waals surface area contributed by atoms with Crippen molar-refractivity contribution in [1.82, 2.24) is 4.90 Å². The zero-order valence-corrected chi connectivity index (χ0v) is 12.0. The Balaban J connectivity index is 2.02. The van der Waals surface area contributed by atoms with Gasteiger partial charge in [-0.25, -0.2) is 0 Å². The fourth-order valence-corrected chi connectivity index (χ4v) is 3.02. The van der Waals surface area contributed by atoms with E-state index >= 15 is 0 Å². The average molecular weight is 263 g/mol. The minimum atomic E-state index is 0.281. The number of phenols is 1. The van der Waals surface area contributed by atoms with E-state index in [1.54, 1.807) is 6.07 Å². The second kappa shape index (κ2) is 6.92. The minimum absolute atomic E-state index is 0.281. The molecule has 0 aliphatic carbocycles. The first-order chi connectivity index (χ1) is 9.22. The van der Waals surface area contributed by atoms with Crippen LogP contribution in [0.4, 0.5) is 0 Å². The first kappa shape index (κ1) is 14.4. The third-order valence-corrected chi connectivity index (χ3v) is 4.02. The Morgan fingerprint density at radius 2 is 2.21 bits per heavy atom. The van der Waals surface area contributed by atoms with Gasteiger partial charge in [0, 0.05) is 24.8 Å². The summed E-state index contributed by atoms with van der Waals surface area (Å²) in [6.07, 6.45) is 3.43. The highest BCUT2D eigenvalue weighted by atomic mass is 16.5. The third-order valence-electron chi connectivity index (χ3n) is 4.02. The molecule has 0 spiro atoms. The molecule has 0 radical (unpaired) electrons. The lowest BCUT2D eigenvalue weighted by Gasteiger charge is -2.32. The van der Waals surface area contributed by atoms with Gasteiger partial charge in [0.15, 0.2) is 0 Å². The molecule has 2 atom stereocenters. The van der Waals surface area contributed by atoms with E-state index in [1.807, 2.05) is 18.2 Å². The van der Waals surface area contributed by atoms with E-state index in [2.05, 4.69) is 18.9 Å². The van der Waals surface area contributed by atoms with Crippen LogP contribution >= 0.6 is 0 Å². The van der Waals surface area contributed by atoms with Crippen LogP contribution in [-0.4, -0.2) is 36.8 Å². The standard InChI is InChI=1S/C16H25NO2/c1-3-15(14-8-4-5-9-16(14)18)17(2)11-13-7-6-10-19-12-13/h4-5,8-9,13,15,18H,3,6-7,10-12H2,1-2H3. The predicted molar refractivity (Wildman–Crippen MR) is 77.3 cm³/mol. The molecule has 1 aromatic rings. The van der Waals surface area contributed by atoms with Gasteiger partial charge in [0.25, 0.3) is 0 Å². The van der Waals surface area contributed by atoms with Crippen LogP contribution in [0.2, 0.25) is 0 Å². The van der Waals surface area contributed by atoms with E-state index in [-0.39, 0.29) is 6.04 Å². The highest BCUT2D eigenvalue weighted by Crippen LogP contribution is 2.31. The van der Waals surface area contributed by atoms with Crippen molar-refractivity contribution in [1.29, 1.82) is 0 Å². The molecule has 0 amide bonds. The van der Waals surface area contributed by atoms with Crippen LogP contribution in [0.25, 0.3) is 0 Å².